The minimum Gasteiger partial charge on any atom is -0.317 e. The molecular weight excluding hydrogens is 208 g/mol. The molecule has 0 aromatic heterocycles. The second kappa shape index (κ2) is 4.89. The van der Waals surface area contributed by atoms with Crippen molar-refractivity contribution in [3.05, 3.63) is 0 Å². The third-order valence-electron chi connectivity index (χ3n) is 5.45. The molecule has 0 aromatic rings. The molecule has 0 radical (unpaired) electrons. The van der Waals surface area contributed by atoms with Gasteiger partial charge in [-0.05, 0) is 82.0 Å². The highest BCUT2D eigenvalue weighted by atomic mass is 15.1. The lowest BCUT2D eigenvalue weighted by Crippen LogP contribution is -2.48. The van der Waals surface area contributed by atoms with Crippen LogP contribution in [-0.4, -0.2) is 37.6 Å². The molecule has 2 heteroatoms. The van der Waals surface area contributed by atoms with E-state index < -0.39 is 0 Å². The summed E-state index contributed by atoms with van der Waals surface area (Å²) in [4.78, 5) is 2.75. The summed E-state index contributed by atoms with van der Waals surface area (Å²) < 4.78 is 0. The van der Waals surface area contributed by atoms with Crippen LogP contribution in [0.25, 0.3) is 0 Å². The van der Waals surface area contributed by atoms with Crippen LogP contribution in [0.4, 0.5) is 0 Å². The average molecular weight is 236 g/mol. The molecule has 3 fully saturated rings. The van der Waals surface area contributed by atoms with Gasteiger partial charge >= 0.3 is 0 Å². The number of nitrogens with zero attached hydrogens (tertiary/aromatic N) is 1. The van der Waals surface area contributed by atoms with Gasteiger partial charge in [0.15, 0.2) is 0 Å². The van der Waals surface area contributed by atoms with Gasteiger partial charge in [-0.25, -0.2) is 0 Å². The van der Waals surface area contributed by atoms with Gasteiger partial charge in [-0.2, -0.15) is 0 Å². The molecule has 3 rings (SSSR count). The Morgan fingerprint density at radius 1 is 1.12 bits per heavy atom. The molecule has 2 saturated heterocycles. The molecule has 17 heavy (non-hydrogen) atoms. The van der Waals surface area contributed by atoms with Crippen molar-refractivity contribution >= 4 is 0 Å². The topological polar surface area (TPSA) is 15.3 Å². The number of hydrogen-bond donors (Lipinski definition) is 1. The minimum absolute atomic E-state index is 0.796. The fraction of sp³-hybridized carbons (Fsp3) is 1.00. The van der Waals surface area contributed by atoms with Gasteiger partial charge in [0.1, 0.15) is 0 Å². The molecule has 1 N–H and O–H groups in total. The Labute approximate surface area is 106 Å². The zero-order chi connectivity index (χ0) is 11.7. The first-order valence-corrected chi connectivity index (χ1v) is 7.69. The molecule has 0 amide bonds. The summed E-state index contributed by atoms with van der Waals surface area (Å²) in [6.07, 6.45) is 8.82. The number of nitrogens with one attached hydrogen (secondary N) is 1. The van der Waals surface area contributed by atoms with Crippen molar-refractivity contribution in [2.45, 2.75) is 45.4 Å². The van der Waals surface area contributed by atoms with E-state index in [2.05, 4.69) is 17.1 Å². The van der Waals surface area contributed by atoms with Crippen molar-refractivity contribution in [1.82, 2.24) is 10.2 Å². The highest BCUT2D eigenvalue weighted by Gasteiger charge is 2.43. The van der Waals surface area contributed by atoms with Crippen molar-refractivity contribution < 1.29 is 0 Å². The standard InChI is InChI=1S/C15H28N2/c1-13-10-15(11-13)4-8-17(9-5-15)12-14-2-6-16-7-3-14/h13-14,16H,2-12H2,1H3. The number of hydrogen-bond acceptors (Lipinski definition) is 2. The Morgan fingerprint density at radius 2 is 1.76 bits per heavy atom. The Hall–Kier alpha value is -0.0800. The fourth-order valence-electron chi connectivity index (χ4n) is 4.47. The fourth-order valence-corrected chi connectivity index (χ4v) is 4.47. The maximum atomic E-state index is 3.47. The number of piperidine rings is 2. The molecule has 0 atom stereocenters. The second-order valence-electron chi connectivity index (χ2n) is 7.01. The van der Waals surface area contributed by atoms with Crippen LogP contribution in [0.2, 0.25) is 0 Å². The van der Waals surface area contributed by atoms with Crippen LogP contribution < -0.4 is 5.32 Å². The number of likely N-dealkylation sites (tertiary alicyclic amines) is 1. The normalized spacial score (nSPS) is 31.6. The number of rotatable bonds is 2. The van der Waals surface area contributed by atoms with Crippen LogP contribution in [0.15, 0.2) is 0 Å². The highest BCUT2D eigenvalue weighted by Crippen LogP contribution is 2.52. The summed E-state index contributed by atoms with van der Waals surface area (Å²) in [6.45, 7) is 9.08. The first-order valence-electron chi connectivity index (χ1n) is 7.69. The maximum absolute atomic E-state index is 3.47. The van der Waals surface area contributed by atoms with E-state index in [1.165, 1.54) is 71.2 Å². The van der Waals surface area contributed by atoms with Crippen molar-refractivity contribution in [1.29, 1.82) is 0 Å². The van der Waals surface area contributed by atoms with Gasteiger partial charge in [-0.15, -0.1) is 0 Å². The molecule has 1 spiro atoms. The van der Waals surface area contributed by atoms with Gasteiger partial charge in [0, 0.05) is 6.54 Å². The van der Waals surface area contributed by atoms with Crippen molar-refractivity contribution in [3.63, 3.8) is 0 Å². The van der Waals surface area contributed by atoms with Crippen LogP contribution in [0.3, 0.4) is 0 Å². The molecule has 2 aliphatic heterocycles. The van der Waals surface area contributed by atoms with Gasteiger partial charge in [0.05, 0.1) is 0 Å². The van der Waals surface area contributed by atoms with Crippen LogP contribution in [0.5, 0.6) is 0 Å². The summed E-state index contributed by atoms with van der Waals surface area (Å²) in [7, 11) is 0. The molecule has 98 valence electrons. The van der Waals surface area contributed by atoms with Crippen LogP contribution >= 0.6 is 0 Å². The predicted molar refractivity (Wildman–Crippen MR) is 72.1 cm³/mol. The maximum Gasteiger partial charge on any atom is 0.00106 e. The summed E-state index contributed by atoms with van der Waals surface area (Å²) in [6, 6.07) is 0. The molecule has 2 nitrogen and oxygen atoms in total. The lowest BCUT2D eigenvalue weighted by atomic mass is 9.58. The molecule has 3 aliphatic rings. The van der Waals surface area contributed by atoms with Crippen LogP contribution in [0, 0.1) is 17.3 Å². The van der Waals surface area contributed by atoms with E-state index >= 15 is 0 Å². The zero-order valence-electron chi connectivity index (χ0n) is 11.4. The molecule has 0 aromatic carbocycles. The summed E-state index contributed by atoms with van der Waals surface area (Å²) in [5.41, 5.74) is 0.796. The lowest BCUT2D eigenvalue weighted by Gasteiger charge is -2.52. The summed E-state index contributed by atoms with van der Waals surface area (Å²) in [5.74, 6) is 2.00. The summed E-state index contributed by atoms with van der Waals surface area (Å²) >= 11 is 0. The Kier molecular flexibility index (Phi) is 3.45. The molecule has 0 unspecified atom stereocenters. The van der Waals surface area contributed by atoms with Crippen LogP contribution in [0.1, 0.15) is 45.4 Å². The van der Waals surface area contributed by atoms with E-state index in [0.29, 0.717) is 0 Å². The molecule has 1 saturated carbocycles. The largest absolute Gasteiger partial charge is 0.317 e. The Balaban J connectivity index is 1.42. The first kappa shape index (κ1) is 12.0. The Bertz CT molecular complexity index is 242. The second-order valence-corrected chi connectivity index (χ2v) is 7.01. The predicted octanol–water partition coefficient (Wildman–Crippen LogP) is 2.50. The third kappa shape index (κ3) is 2.68. The van der Waals surface area contributed by atoms with E-state index in [4.69, 9.17) is 0 Å². The molecular formula is C15H28N2. The van der Waals surface area contributed by atoms with E-state index in [1.54, 1.807) is 0 Å². The van der Waals surface area contributed by atoms with Crippen molar-refractivity contribution in [2.24, 2.45) is 17.3 Å². The van der Waals surface area contributed by atoms with Gasteiger partial charge in [-0.1, -0.05) is 6.92 Å². The van der Waals surface area contributed by atoms with E-state index in [-0.39, 0.29) is 0 Å². The lowest BCUT2D eigenvalue weighted by molar-refractivity contribution is -0.0105. The van der Waals surface area contributed by atoms with Crippen LogP contribution in [-0.2, 0) is 0 Å². The average Bonchev–Trinajstić information content (AvgIpc) is 2.32. The quantitative estimate of drug-likeness (QED) is 0.792. The Morgan fingerprint density at radius 3 is 2.35 bits per heavy atom. The van der Waals surface area contributed by atoms with E-state index in [1.807, 2.05) is 0 Å². The zero-order valence-corrected chi connectivity index (χ0v) is 11.4. The van der Waals surface area contributed by atoms with Crippen molar-refractivity contribution in [2.75, 3.05) is 32.7 Å². The third-order valence-corrected chi connectivity index (χ3v) is 5.45. The van der Waals surface area contributed by atoms with E-state index in [0.717, 1.165) is 17.3 Å². The first-order chi connectivity index (χ1) is 8.26. The minimum atomic E-state index is 0.796. The molecule has 2 heterocycles. The smallest absolute Gasteiger partial charge is 0.00106 e. The van der Waals surface area contributed by atoms with Gasteiger partial charge < -0.3 is 10.2 Å². The summed E-state index contributed by atoms with van der Waals surface area (Å²) in [5, 5.41) is 3.47. The monoisotopic (exact) mass is 236 g/mol. The molecule has 1 aliphatic carbocycles. The molecule has 0 bridgehead atoms. The SMILES string of the molecule is CC1CC2(CCN(CC3CCNCC3)CC2)C1. The van der Waals surface area contributed by atoms with Crippen molar-refractivity contribution in [3.8, 4) is 0 Å². The van der Waals surface area contributed by atoms with Gasteiger partial charge in [0.2, 0.25) is 0 Å². The highest BCUT2D eigenvalue weighted by molar-refractivity contribution is 4.95. The van der Waals surface area contributed by atoms with E-state index in [9.17, 15) is 0 Å². The van der Waals surface area contributed by atoms with Gasteiger partial charge in [0.25, 0.3) is 0 Å². The van der Waals surface area contributed by atoms with Gasteiger partial charge in [-0.3, -0.25) is 0 Å².